The molecule has 0 radical (unpaired) electrons. The van der Waals surface area contributed by atoms with Crippen LogP contribution < -0.4 is 10.6 Å². The molecule has 0 bridgehead atoms. The fraction of sp³-hybridized carbons (Fsp3) is 0.609. The highest BCUT2D eigenvalue weighted by Gasteiger charge is 2.34. The molecule has 1 aromatic carbocycles. The van der Waals surface area contributed by atoms with Gasteiger partial charge in [0.2, 0.25) is 5.91 Å². The fourth-order valence-electron chi connectivity index (χ4n) is 3.23. The van der Waals surface area contributed by atoms with Gasteiger partial charge in [-0.1, -0.05) is 30.3 Å². The Hall–Kier alpha value is -2.89. The van der Waals surface area contributed by atoms with Crippen LogP contribution >= 0.6 is 0 Å². The van der Waals surface area contributed by atoms with E-state index in [2.05, 4.69) is 10.6 Å². The van der Waals surface area contributed by atoms with Crippen LogP contribution in [0.5, 0.6) is 0 Å². The fourth-order valence-corrected chi connectivity index (χ4v) is 3.23. The second-order valence-corrected chi connectivity index (χ2v) is 7.41. The summed E-state index contributed by atoms with van der Waals surface area (Å²) in [6.45, 7) is 3.43. The van der Waals surface area contributed by atoms with Gasteiger partial charge in [-0.3, -0.25) is 9.69 Å². The van der Waals surface area contributed by atoms with Crippen molar-refractivity contribution in [3.63, 3.8) is 0 Å². The summed E-state index contributed by atoms with van der Waals surface area (Å²) in [5.41, 5.74) is 0.900. The van der Waals surface area contributed by atoms with Gasteiger partial charge in [0, 0.05) is 20.1 Å². The van der Waals surface area contributed by atoms with Gasteiger partial charge in [-0.2, -0.15) is 0 Å². The number of hydrogen-bond donors (Lipinski definition) is 2. The van der Waals surface area contributed by atoms with E-state index in [0.717, 1.165) is 12.0 Å². The smallest absolute Gasteiger partial charge is 0.410 e. The van der Waals surface area contributed by atoms with Crippen molar-refractivity contribution in [2.24, 2.45) is 0 Å². The SMILES string of the molecule is CNC(=O)OCCOCCOCCOCCNC(=O)[C@@H]1CCCN1C(=O)OCc1ccccc1. The normalized spacial score (nSPS) is 15.1. The van der Waals surface area contributed by atoms with Crippen molar-refractivity contribution in [3.05, 3.63) is 35.9 Å². The molecule has 0 spiro atoms. The van der Waals surface area contributed by atoms with Crippen LogP contribution in [-0.4, -0.2) is 95.4 Å². The van der Waals surface area contributed by atoms with E-state index in [1.807, 2.05) is 30.3 Å². The lowest BCUT2D eigenvalue weighted by atomic mass is 10.2. The predicted molar refractivity (Wildman–Crippen MR) is 122 cm³/mol. The number of nitrogens with zero attached hydrogens (tertiary/aromatic N) is 1. The Balaban J connectivity index is 1.46. The van der Waals surface area contributed by atoms with Gasteiger partial charge in [-0.05, 0) is 18.4 Å². The van der Waals surface area contributed by atoms with Crippen molar-refractivity contribution < 1.29 is 38.1 Å². The van der Waals surface area contributed by atoms with Crippen LogP contribution in [0.4, 0.5) is 9.59 Å². The Morgan fingerprint density at radius 3 is 2.24 bits per heavy atom. The van der Waals surface area contributed by atoms with E-state index < -0.39 is 18.2 Å². The Morgan fingerprint density at radius 1 is 0.912 bits per heavy atom. The van der Waals surface area contributed by atoms with Crippen molar-refractivity contribution >= 4 is 18.1 Å². The lowest BCUT2D eigenvalue weighted by Gasteiger charge is -2.23. The molecule has 0 saturated carbocycles. The van der Waals surface area contributed by atoms with Crippen LogP contribution in [0.2, 0.25) is 0 Å². The summed E-state index contributed by atoms with van der Waals surface area (Å²) in [7, 11) is 1.49. The maximum Gasteiger partial charge on any atom is 0.410 e. The minimum Gasteiger partial charge on any atom is -0.447 e. The van der Waals surface area contributed by atoms with E-state index >= 15 is 0 Å². The van der Waals surface area contributed by atoms with Gasteiger partial charge in [-0.25, -0.2) is 9.59 Å². The zero-order chi connectivity index (χ0) is 24.4. The summed E-state index contributed by atoms with van der Waals surface area (Å²) < 4.78 is 26.2. The summed E-state index contributed by atoms with van der Waals surface area (Å²) >= 11 is 0. The highest BCUT2D eigenvalue weighted by Crippen LogP contribution is 2.19. The number of likely N-dealkylation sites (tertiary alicyclic amines) is 1. The zero-order valence-electron chi connectivity index (χ0n) is 19.7. The topological polar surface area (TPSA) is 125 Å². The number of rotatable bonds is 15. The molecular weight excluding hydrogens is 446 g/mol. The van der Waals surface area contributed by atoms with Crippen molar-refractivity contribution in [2.75, 3.05) is 66.4 Å². The van der Waals surface area contributed by atoms with Gasteiger partial charge in [-0.15, -0.1) is 0 Å². The van der Waals surface area contributed by atoms with Crippen LogP contribution in [0.15, 0.2) is 30.3 Å². The Bertz CT molecular complexity index is 734. The molecule has 1 aromatic rings. The summed E-state index contributed by atoms with van der Waals surface area (Å²) in [4.78, 5) is 37.2. The molecular formula is C23H35N3O8. The van der Waals surface area contributed by atoms with Crippen LogP contribution in [-0.2, 0) is 35.1 Å². The predicted octanol–water partition coefficient (Wildman–Crippen LogP) is 1.31. The van der Waals surface area contributed by atoms with Gasteiger partial charge >= 0.3 is 12.2 Å². The molecule has 3 amide bonds. The van der Waals surface area contributed by atoms with Crippen molar-refractivity contribution in [2.45, 2.75) is 25.5 Å². The third-order valence-electron chi connectivity index (χ3n) is 4.95. The highest BCUT2D eigenvalue weighted by molar-refractivity contribution is 5.86. The molecule has 0 aromatic heterocycles. The first-order chi connectivity index (χ1) is 16.6. The second kappa shape index (κ2) is 16.7. The number of alkyl carbamates (subject to hydrolysis) is 1. The molecule has 11 nitrogen and oxygen atoms in total. The van der Waals surface area contributed by atoms with Gasteiger partial charge in [0.05, 0.1) is 39.6 Å². The number of carbonyl (C=O) groups is 3. The third kappa shape index (κ3) is 10.8. The van der Waals surface area contributed by atoms with Crippen molar-refractivity contribution in [3.8, 4) is 0 Å². The van der Waals surface area contributed by atoms with Gasteiger partial charge < -0.3 is 34.3 Å². The molecule has 1 aliphatic rings. The van der Waals surface area contributed by atoms with Crippen molar-refractivity contribution in [1.82, 2.24) is 15.5 Å². The minimum absolute atomic E-state index is 0.179. The molecule has 11 heteroatoms. The minimum atomic E-state index is -0.520. The summed E-state index contributed by atoms with van der Waals surface area (Å²) in [6, 6.07) is 8.91. The second-order valence-electron chi connectivity index (χ2n) is 7.41. The lowest BCUT2D eigenvalue weighted by molar-refractivity contribution is -0.125. The monoisotopic (exact) mass is 481 g/mol. The van der Waals surface area contributed by atoms with Gasteiger partial charge in [0.1, 0.15) is 19.3 Å². The summed E-state index contributed by atoms with van der Waals surface area (Å²) in [6.07, 6.45) is 0.408. The molecule has 34 heavy (non-hydrogen) atoms. The zero-order valence-corrected chi connectivity index (χ0v) is 19.7. The number of ether oxygens (including phenoxy) is 5. The van der Waals surface area contributed by atoms with E-state index in [9.17, 15) is 14.4 Å². The number of hydrogen-bond acceptors (Lipinski definition) is 8. The standard InChI is InChI=1S/C23H35N3O8/c1-24-22(28)33-17-16-32-15-14-31-13-12-30-11-9-25-21(27)20-8-5-10-26(20)23(29)34-18-19-6-3-2-4-7-19/h2-4,6-7,20H,5,8-18H2,1H3,(H,24,28)(H,25,27)/t20-/m0/s1. The molecule has 190 valence electrons. The van der Waals surface area contributed by atoms with Crippen LogP contribution in [0.25, 0.3) is 0 Å². The molecule has 1 atom stereocenters. The molecule has 2 N–H and O–H groups in total. The molecule has 1 heterocycles. The summed E-state index contributed by atoms with van der Waals surface area (Å²) in [5, 5.41) is 5.15. The first-order valence-corrected chi connectivity index (χ1v) is 11.4. The average molecular weight is 482 g/mol. The van der Waals surface area contributed by atoms with Gasteiger partial charge in [0.15, 0.2) is 0 Å². The molecule has 0 unspecified atom stereocenters. The average Bonchev–Trinajstić information content (AvgIpc) is 3.36. The molecule has 1 saturated heterocycles. The van der Waals surface area contributed by atoms with Crippen molar-refractivity contribution in [1.29, 1.82) is 0 Å². The Morgan fingerprint density at radius 2 is 1.56 bits per heavy atom. The molecule has 0 aliphatic carbocycles. The first kappa shape index (κ1) is 27.4. The molecule has 2 rings (SSSR count). The highest BCUT2D eigenvalue weighted by atomic mass is 16.6. The maximum absolute atomic E-state index is 12.5. The number of nitrogens with one attached hydrogen (secondary N) is 2. The largest absolute Gasteiger partial charge is 0.447 e. The Kier molecular flexibility index (Phi) is 13.4. The van der Waals surface area contributed by atoms with Crippen LogP contribution in [0.3, 0.4) is 0 Å². The van der Waals surface area contributed by atoms with E-state index in [4.69, 9.17) is 23.7 Å². The van der Waals surface area contributed by atoms with E-state index in [1.54, 1.807) is 0 Å². The molecule has 1 fully saturated rings. The lowest BCUT2D eigenvalue weighted by Crippen LogP contribution is -2.46. The van der Waals surface area contributed by atoms with E-state index in [1.165, 1.54) is 11.9 Å². The summed E-state index contributed by atoms with van der Waals surface area (Å²) in [5.74, 6) is -0.202. The number of benzene rings is 1. The quantitative estimate of drug-likeness (QED) is 0.359. The maximum atomic E-state index is 12.5. The van der Waals surface area contributed by atoms with Crippen LogP contribution in [0, 0.1) is 0 Å². The Labute approximate surface area is 200 Å². The van der Waals surface area contributed by atoms with Crippen LogP contribution in [0.1, 0.15) is 18.4 Å². The number of carbonyl (C=O) groups excluding carboxylic acids is 3. The number of amides is 3. The van der Waals surface area contributed by atoms with E-state index in [-0.39, 0.29) is 19.1 Å². The third-order valence-corrected chi connectivity index (χ3v) is 4.95. The first-order valence-electron chi connectivity index (χ1n) is 11.4. The van der Waals surface area contributed by atoms with Gasteiger partial charge in [0.25, 0.3) is 0 Å². The van der Waals surface area contributed by atoms with E-state index in [0.29, 0.717) is 59.2 Å². The molecule has 1 aliphatic heterocycles.